The van der Waals surface area contributed by atoms with E-state index in [4.69, 9.17) is 9.47 Å². The minimum absolute atomic E-state index is 0.151. The average molecular weight is 267 g/mol. The smallest absolute Gasteiger partial charge is 0.0729 e. The van der Waals surface area contributed by atoms with E-state index in [0.29, 0.717) is 0 Å². The van der Waals surface area contributed by atoms with Crippen molar-refractivity contribution >= 4 is 0 Å². The maximum atomic E-state index is 6.18. The van der Waals surface area contributed by atoms with Gasteiger partial charge in [0.15, 0.2) is 0 Å². The molecule has 0 amide bonds. The fourth-order valence-electron chi connectivity index (χ4n) is 3.92. The van der Waals surface area contributed by atoms with E-state index in [2.05, 4.69) is 12.2 Å². The van der Waals surface area contributed by atoms with E-state index in [1.54, 1.807) is 0 Å². The van der Waals surface area contributed by atoms with Crippen LogP contribution in [0.4, 0.5) is 0 Å². The van der Waals surface area contributed by atoms with Gasteiger partial charge in [-0.3, -0.25) is 0 Å². The van der Waals surface area contributed by atoms with Gasteiger partial charge in [0, 0.05) is 25.9 Å². The molecule has 0 aromatic rings. The molecule has 110 valence electrons. The fourth-order valence-corrected chi connectivity index (χ4v) is 3.92. The summed E-state index contributed by atoms with van der Waals surface area (Å²) in [5.41, 5.74) is 0.151. The van der Waals surface area contributed by atoms with Crippen molar-refractivity contribution in [3.63, 3.8) is 0 Å². The molecule has 2 unspecified atom stereocenters. The Labute approximate surface area is 117 Å². The first-order valence-corrected chi connectivity index (χ1v) is 8.26. The van der Waals surface area contributed by atoms with E-state index in [1.165, 1.54) is 32.1 Å². The lowest BCUT2D eigenvalue weighted by molar-refractivity contribution is -0.150. The standard InChI is InChI=1S/C16H29NO2/c1-2-17-15(11-13-3-4-13)14-5-8-19-16(12-14)6-9-18-10-7-16/h13-15,17H,2-12H2,1H3. The topological polar surface area (TPSA) is 30.5 Å². The Morgan fingerprint density at radius 2 is 1.95 bits per heavy atom. The third kappa shape index (κ3) is 3.50. The van der Waals surface area contributed by atoms with Crippen LogP contribution < -0.4 is 5.32 Å². The lowest BCUT2D eigenvalue weighted by atomic mass is 9.76. The van der Waals surface area contributed by atoms with Crippen molar-refractivity contribution in [3.8, 4) is 0 Å². The first kappa shape index (κ1) is 13.8. The molecular formula is C16H29NO2. The molecule has 1 saturated carbocycles. The summed E-state index contributed by atoms with van der Waals surface area (Å²) < 4.78 is 11.7. The zero-order valence-electron chi connectivity index (χ0n) is 12.3. The molecule has 3 rings (SSSR count). The normalized spacial score (nSPS) is 32.4. The molecule has 3 nitrogen and oxygen atoms in total. The number of hydrogen-bond acceptors (Lipinski definition) is 3. The quantitative estimate of drug-likeness (QED) is 0.831. The Morgan fingerprint density at radius 1 is 1.16 bits per heavy atom. The molecule has 3 aliphatic rings. The van der Waals surface area contributed by atoms with Crippen LogP contribution in [-0.4, -0.2) is 38.0 Å². The summed E-state index contributed by atoms with van der Waals surface area (Å²) in [6, 6.07) is 0.723. The van der Waals surface area contributed by atoms with Gasteiger partial charge in [-0.05, 0) is 50.5 Å². The molecule has 3 heteroatoms. The molecule has 2 atom stereocenters. The van der Waals surface area contributed by atoms with Crippen molar-refractivity contribution in [3.05, 3.63) is 0 Å². The summed E-state index contributed by atoms with van der Waals surface area (Å²) in [7, 11) is 0. The summed E-state index contributed by atoms with van der Waals surface area (Å²) in [5, 5.41) is 3.76. The molecule has 2 saturated heterocycles. The molecule has 19 heavy (non-hydrogen) atoms. The predicted octanol–water partition coefficient (Wildman–Crippen LogP) is 2.74. The van der Waals surface area contributed by atoms with Crippen LogP contribution in [0.5, 0.6) is 0 Å². The van der Waals surface area contributed by atoms with Gasteiger partial charge in [-0.25, -0.2) is 0 Å². The molecule has 2 heterocycles. The van der Waals surface area contributed by atoms with E-state index in [0.717, 1.165) is 57.1 Å². The lowest BCUT2D eigenvalue weighted by Gasteiger charge is -2.45. The van der Waals surface area contributed by atoms with E-state index in [1.807, 2.05) is 0 Å². The molecular weight excluding hydrogens is 238 g/mol. The maximum Gasteiger partial charge on any atom is 0.0729 e. The Hall–Kier alpha value is -0.120. The number of rotatable bonds is 5. The van der Waals surface area contributed by atoms with Crippen LogP contribution in [0.1, 0.15) is 51.9 Å². The van der Waals surface area contributed by atoms with Crippen molar-refractivity contribution in [1.29, 1.82) is 0 Å². The van der Waals surface area contributed by atoms with Gasteiger partial charge in [0.05, 0.1) is 5.60 Å². The summed E-state index contributed by atoms with van der Waals surface area (Å²) in [5.74, 6) is 1.82. The van der Waals surface area contributed by atoms with Gasteiger partial charge in [-0.2, -0.15) is 0 Å². The molecule has 2 aliphatic heterocycles. The van der Waals surface area contributed by atoms with Crippen LogP contribution >= 0.6 is 0 Å². The summed E-state index contributed by atoms with van der Waals surface area (Å²) in [6.45, 7) is 6.08. The minimum atomic E-state index is 0.151. The third-order valence-corrected chi connectivity index (χ3v) is 5.25. The molecule has 0 aromatic heterocycles. The molecule has 0 bridgehead atoms. The minimum Gasteiger partial charge on any atom is -0.381 e. The highest BCUT2D eigenvalue weighted by Gasteiger charge is 2.42. The van der Waals surface area contributed by atoms with Crippen LogP contribution in [0, 0.1) is 11.8 Å². The van der Waals surface area contributed by atoms with Gasteiger partial charge in [-0.15, -0.1) is 0 Å². The van der Waals surface area contributed by atoms with Crippen molar-refractivity contribution in [2.45, 2.75) is 63.5 Å². The van der Waals surface area contributed by atoms with Crippen LogP contribution in [0.2, 0.25) is 0 Å². The van der Waals surface area contributed by atoms with Crippen LogP contribution in [0.15, 0.2) is 0 Å². The monoisotopic (exact) mass is 267 g/mol. The maximum absolute atomic E-state index is 6.18. The van der Waals surface area contributed by atoms with Crippen molar-refractivity contribution in [1.82, 2.24) is 5.32 Å². The molecule has 0 radical (unpaired) electrons. The van der Waals surface area contributed by atoms with Gasteiger partial charge in [0.1, 0.15) is 0 Å². The Kier molecular flexibility index (Phi) is 4.45. The van der Waals surface area contributed by atoms with Crippen LogP contribution in [0.25, 0.3) is 0 Å². The molecule has 0 aromatic carbocycles. The third-order valence-electron chi connectivity index (χ3n) is 5.25. The van der Waals surface area contributed by atoms with Gasteiger partial charge in [0.2, 0.25) is 0 Å². The average Bonchev–Trinajstić information content (AvgIpc) is 3.23. The SMILES string of the molecule is CCNC(CC1CC1)C1CCOC2(CCOCC2)C1. The zero-order valence-corrected chi connectivity index (χ0v) is 12.3. The van der Waals surface area contributed by atoms with Crippen molar-refractivity contribution in [2.24, 2.45) is 11.8 Å². The number of ether oxygens (including phenoxy) is 2. The lowest BCUT2D eigenvalue weighted by Crippen LogP contribution is -2.49. The fraction of sp³-hybridized carbons (Fsp3) is 1.00. The first-order valence-electron chi connectivity index (χ1n) is 8.26. The molecule has 1 aliphatic carbocycles. The van der Waals surface area contributed by atoms with E-state index in [9.17, 15) is 0 Å². The second-order valence-electron chi connectivity index (χ2n) is 6.74. The summed E-state index contributed by atoms with van der Waals surface area (Å²) >= 11 is 0. The molecule has 1 spiro atoms. The Bertz CT molecular complexity index is 279. The van der Waals surface area contributed by atoms with Crippen molar-refractivity contribution in [2.75, 3.05) is 26.4 Å². The largest absolute Gasteiger partial charge is 0.381 e. The van der Waals surface area contributed by atoms with E-state index < -0.39 is 0 Å². The van der Waals surface area contributed by atoms with Crippen LogP contribution in [-0.2, 0) is 9.47 Å². The van der Waals surface area contributed by atoms with E-state index >= 15 is 0 Å². The Morgan fingerprint density at radius 3 is 2.63 bits per heavy atom. The highest BCUT2D eigenvalue weighted by molar-refractivity contribution is 4.94. The second kappa shape index (κ2) is 6.11. The number of nitrogens with one attached hydrogen (secondary N) is 1. The summed E-state index contributed by atoms with van der Waals surface area (Å²) in [4.78, 5) is 0. The zero-order chi connectivity index (χ0) is 13.1. The van der Waals surface area contributed by atoms with Gasteiger partial charge < -0.3 is 14.8 Å². The highest BCUT2D eigenvalue weighted by Crippen LogP contribution is 2.41. The number of hydrogen-bond donors (Lipinski definition) is 1. The van der Waals surface area contributed by atoms with Gasteiger partial charge in [0.25, 0.3) is 0 Å². The second-order valence-corrected chi connectivity index (χ2v) is 6.74. The van der Waals surface area contributed by atoms with Gasteiger partial charge >= 0.3 is 0 Å². The van der Waals surface area contributed by atoms with Crippen LogP contribution in [0.3, 0.4) is 0 Å². The highest BCUT2D eigenvalue weighted by atomic mass is 16.5. The van der Waals surface area contributed by atoms with Gasteiger partial charge in [-0.1, -0.05) is 19.8 Å². The first-order chi connectivity index (χ1) is 9.31. The Balaban J connectivity index is 1.61. The molecule has 1 N–H and O–H groups in total. The van der Waals surface area contributed by atoms with E-state index in [-0.39, 0.29) is 5.60 Å². The summed E-state index contributed by atoms with van der Waals surface area (Å²) in [6.07, 6.45) is 9.02. The molecule has 3 fully saturated rings. The van der Waals surface area contributed by atoms with Crippen molar-refractivity contribution < 1.29 is 9.47 Å². The predicted molar refractivity (Wildman–Crippen MR) is 76.3 cm³/mol.